The predicted octanol–water partition coefficient (Wildman–Crippen LogP) is 5.38. The van der Waals surface area contributed by atoms with Gasteiger partial charge < -0.3 is 29.1 Å². The zero-order valence-electron chi connectivity index (χ0n) is 27.6. The summed E-state index contributed by atoms with van der Waals surface area (Å²) in [6.45, 7) is 9.74. The first-order valence-electron chi connectivity index (χ1n) is 16.5. The fourth-order valence-corrected chi connectivity index (χ4v) is 7.37. The lowest BCUT2D eigenvalue weighted by atomic mass is 9.91. The van der Waals surface area contributed by atoms with Gasteiger partial charge in [0.1, 0.15) is 17.5 Å². The molecule has 3 heterocycles. The molecule has 2 amide bonds. The molecule has 4 unspecified atom stereocenters. The molecule has 1 saturated heterocycles. The minimum atomic E-state index is -1.83. The van der Waals surface area contributed by atoms with Gasteiger partial charge in [0.05, 0.1) is 43.0 Å². The lowest BCUT2D eigenvalue weighted by Crippen LogP contribution is -2.54. The topological polar surface area (TPSA) is 118 Å². The Hall–Kier alpha value is -3.12. The molecule has 2 bridgehead atoms. The van der Waals surface area contributed by atoms with Crippen LogP contribution in [0.3, 0.4) is 0 Å². The molecule has 0 spiro atoms. The lowest BCUT2D eigenvalue weighted by Gasteiger charge is -2.37. The fraction of sp³-hybridized carbons (Fsp3) is 0.543. The number of β-amino-alcohol motifs (C(OH)–C–C–N with tert-alkyl or cyclic N) is 1. The van der Waals surface area contributed by atoms with Crippen molar-refractivity contribution in [3.05, 3.63) is 64.7 Å². The van der Waals surface area contributed by atoms with Crippen molar-refractivity contribution < 1.29 is 33.1 Å². The van der Waals surface area contributed by atoms with E-state index in [4.69, 9.17) is 25.8 Å². The summed E-state index contributed by atoms with van der Waals surface area (Å²) in [5.41, 5.74) is 1.90. The number of ether oxygens (including phenoxy) is 3. The number of aliphatic hydroxyl groups is 1. The van der Waals surface area contributed by atoms with E-state index in [9.17, 15) is 18.9 Å². The third-order valence-corrected chi connectivity index (χ3v) is 10.4. The van der Waals surface area contributed by atoms with Crippen molar-refractivity contribution in [2.24, 2.45) is 5.92 Å². The maximum atomic E-state index is 13.4. The number of carbonyl (C=O) groups is 2. The van der Waals surface area contributed by atoms with Crippen molar-refractivity contribution >= 4 is 40.3 Å². The van der Waals surface area contributed by atoms with Gasteiger partial charge in [0, 0.05) is 29.9 Å². The van der Waals surface area contributed by atoms with Crippen molar-refractivity contribution in [1.82, 2.24) is 9.62 Å². The normalized spacial score (nSPS) is 26.0. The fourth-order valence-electron chi connectivity index (χ4n) is 6.24. The number of halogens is 1. The Morgan fingerprint density at radius 3 is 2.68 bits per heavy atom. The lowest BCUT2D eigenvalue weighted by molar-refractivity contribution is -0.139. The van der Waals surface area contributed by atoms with Crippen LogP contribution in [0.15, 0.2) is 53.4 Å². The van der Waals surface area contributed by atoms with Gasteiger partial charge in [-0.3, -0.25) is 9.52 Å². The number of carbonyl (C=O) groups excluding carboxylic acids is 2. The van der Waals surface area contributed by atoms with Crippen LogP contribution in [0.2, 0.25) is 5.02 Å². The van der Waals surface area contributed by atoms with Gasteiger partial charge in [0.2, 0.25) is 0 Å². The molecule has 5 rings (SSSR count). The van der Waals surface area contributed by atoms with Crippen LogP contribution in [0.4, 0.5) is 10.5 Å². The maximum Gasteiger partial charge on any atom is 0.410 e. The molecule has 0 aromatic heterocycles. The van der Waals surface area contributed by atoms with E-state index in [-0.39, 0.29) is 31.5 Å². The number of nitrogens with one attached hydrogen (secondary N) is 1. The first-order valence-corrected chi connectivity index (χ1v) is 18.0. The Labute approximate surface area is 285 Å². The second-order valence-corrected chi connectivity index (χ2v) is 14.6. The summed E-state index contributed by atoms with van der Waals surface area (Å²) in [6, 6.07) is 11.4. The molecular weight excluding hydrogens is 642 g/mol. The van der Waals surface area contributed by atoms with E-state index in [1.54, 1.807) is 26.0 Å². The van der Waals surface area contributed by atoms with E-state index in [0.29, 0.717) is 41.8 Å². The number of fused-ring (bicyclic) bond motifs is 1. The quantitative estimate of drug-likeness (QED) is 0.403. The minimum Gasteiger partial charge on any atom is -0.491 e. The van der Waals surface area contributed by atoms with Gasteiger partial charge in [-0.05, 0) is 80.6 Å². The average molecular weight is 688 g/mol. The second kappa shape index (κ2) is 15.4. The van der Waals surface area contributed by atoms with E-state index in [1.165, 1.54) is 16.0 Å². The monoisotopic (exact) mass is 687 g/mol. The molecule has 3 aliphatic rings. The third kappa shape index (κ3) is 8.49. The number of hydrogen-bond acceptors (Lipinski definition) is 8. The highest BCUT2D eigenvalue weighted by atomic mass is 35.5. The molecule has 3 aliphatic heterocycles. The molecule has 0 aliphatic carbocycles. The van der Waals surface area contributed by atoms with Crippen molar-refractivity contribution in [2.75, 3.05) is 44.3 Å². The first kappa shape index (κ1) is 35.2. The zero-order chi connectivity index (χ0) is 33.7. The minimum absolute atomic E-state index is 0.0323. The SMILES string of the molecule is CCCc1cc(Cl)ccc1C1COc2ccc3cc2N(CCC(CC)C(OC(=O)N2CC(O)C2)/C=C/COC(C)(C)C(=O)NS3=O)C1. The molecule has 10 nitrogen and oxygen atoms in total. The maximum absolute atomic E-state index is 13.4. The Morgan fingerprint density at radius 1 is 1.17 bits per heavy atom. The highest BCUT2D eigenvalue weighted by Gasteiger charge is 2.34. The molecule has 0 saturated carbocycles. The molecule has 1 fully saturated rings. The van der Waals surface area contributed by atoms with Gasteiger partial charge in [-0.15, -0.1) is 0 Å². The second-order valence-electron chi connectivity index (χ2n) is 13.0. The molecule has 2 N–H and O–H groups in total. The van der Waals surface area contributed by atoms with Crippen LogP contribution >= 0.6 is 11.6 Å². The zero-order valence-corrected chi connectivity index (χ0v) is 29.1. The molecule has 12 heteroatoms. The number of aryl methyl sites for hydroxylation is 1. The van der Waals surface area contributed by atoms with Crippen LogP contribution in [0.25, 0.3) is 0 Å². The van der Waals surface area contributed by atoms with E-state index in [1.807, 2.05) is 30.3 Å². The number of hydrogen-bond donors (Lipinski definition) is 2. The number of rotatable bonds is 5. The van der Waals surface area contributed by atoms with E-state index >= 15 is 0 Å². The molecule has 0 radical (unpaired) electrons. The molecule has 4 atom stereocenters. The Balaban J connectivity index is 1.50. The van der Waals surface area contributed by atoms with Gasteiger partial charge in [-0.1, -0.05) is 44.0 Å². The van der Waals surface area contributed by atoms with Crippen molar-refractivity contribution in [1.29, 1.82) is 0 Å². The Bertz CT molecular complexity index is 1500. The summed E-state index contributed by atoms with van der Waals surface area (Å²) in [6.07, 6.45) is 5.34. The highest BCUT2D eigenvalue weighted by molar-refractivity contribution is 7.83. The number of aliphatic hydroxyl groups excluding tert-OH is 1. The van der Waals surface area contributed by atoms with Gasteiger partial charge >= 0.3 is 6.09 Å². The largest absolute Gasteiger partial charge is 0.491 e. The Morgan fingerprint density at radius 2 is 1.96 bits per heavy atom. The molecule has 2 aromatic carbocycles. The number of amides is 2. The van der Waals surface area contributed by atoms with Crippen molar-refractivity contribution in [3.8, 4) is 5.75 Å². The van der Waals surface area contributed by atoms with Crippen molar-refractivity contribution in [3.63, 3.8) is 0 Å². The summed E-state index contributed by atoms with van der Waals surface area (Å²) in [7, 11) is -1.83. The molecule has 2 aromatic rings. The molecule has 256 valence electrons. The van der Waals surface area contributed by atoms with Gasteiger partial charge in [-0.25, -0.2) is 9.00 Å². The van der Waals surface area contributed by atoms with Crippen LogP contribution in [-0.4, -0.2) is 83.4 Å². The van der Waals surface area contributed by atoms with E-state index in [0.717, 1.165) is 24.9 Å². The molecule has 47 heavy (non-hydrogen) atoms. The first-order chi connectivity index (χ1) is 22.5. The van der Waals surface area contributed by atoms with Crippen LogP contribution in [0, 0.1) is 5.92 Å². The summed E-state index contributed by atoms with van der Waals surface area (Å²) >= 11 is 6.41. The summed E-state index contributed by atoms with van der Waals surface area (Å²) in [5.74, 6) is 0.143. The van der Waals surface area contributed by atoms with Crippen LogP contribution in [0.5, 0.6) is 5.75 Å². The van der Waals surface area contributed by atoms with Gasteiger partial charge in [0.15, 0.2) is 11.0 Å². The molecular formula is C35H46ClN3O7S. The smallest absolute Gasteiger partial charge is 0.410 e. The third-order valence-electron chi connectivity index (χ3n) is 9.14. The van der Waals surface area contributed by atoms with Gasteiger partial charge in [-0.2, -0.15) is 0 Å². The summed E-state index contributed by atoms with van der Waals surface area (Å²) in [4.78, 5) is 30.3. The number of benzene rings is 2. The number of nitrogens with zero attached hydrogens (tertiary/aromatic N) is 2. The van der Waals surface area contributed by atoms with E-state index in [2.05, 4.69) is 29.5 Å². The van der Waals surface area contributed by atoms with Crippen molar-refractivity contribution in [2.45, 2.75) is 82.0 Å². The number of anilines is 1. The average Bonchev–Trinajstić information content (AvgIpc) is 3.20. The number of likely N-dealkylation sites (tertiary alicyclic amines) is 1. The van der Waals surface area contributed by atoms with Crippen LogP contribution < -0.4 is 14.4 Å². The predicted molar refractivity (Wildman–Crippen MR) is 182 cm³/mol. The van der Waals surface area contributed by atoms with Gasteiger partial charge in [0.25, 0.3) is 5.91 Å². The van der Waals surface area contributed by atoms with Crippen LogP contribution in [-0.2, 0) is 31.7 Å². The summed E-state index contributed by atoms with van der Waals surface area (Å²) < 4.78 is 34.4. The van der Waals surface area contributed by atoms with E-state index < -0.39 is 40.8 Å². The van der Waals surface area contributed by atoms with Crippen LogP contribution in [0.1, 0.15) is 64.0 Å². The standard InChI is InChI=1S/C35H46ClN3O7S/c1-5-8-24-17-26(36)10-12-29(24)25-19-38-15-14-23(6-2)31(46-34(42)39-20-27(40)21-39)9-7-16-45-35(3,4)33(41)37-47(43)28-11-13-32(44-22-25)30(38)18-28/h7,9-13,17-18,23,25,27,31,40H,5-6,8,14-16,19-22H2,1-4H3,(H,37,41)/b9-7+. The summed E-state index contributed by atoms with van der Waals surface area (Å²) in [5, 5.41) is 10.4. The highest BCUT2D eigenvalue weighted by Crippen LogP contribution is 2.38. The Kier molecular flexibility index (Phi) is 11.5.